The Labute approximate surface area is 86.4 Å². The fraction of sp³-hybridized carbons (Fsp3) is 0.300. The number of amides is 2. The molecule has 0 unspecified atom stereocenters. The summed E-state index contributed by atoms with van der Waals surface area (Å²) in [5.74, 6) is -0.216. The van der Waals surface area contributed by atoms with Crippen LogP contribution in [0.3, 0.4) is 0 Å². The first-order chi connectivity index (χ1) is 7.20. The number of hydrogen-bond acceptors (Lipinski definition) is 2. The maximum Gasteiger partial charge on any atom is 0.315 e. The van der Waals surface area contributed by atoms with E-state index >= 15 is 0 Å². The maximum atomic E-state index is 13.3. The maximum absolute atomic E-state index is 13.3. The first-order valence-corrected chi connectivity index (χ1v) is 4.58. The number of nitrogens with one attached hydrogen (secondary N) is 2. The topological polar surface area (TPSA) is 50.4 Å². The minimum atomic E-state index is -0.420. The smallest absolute Gasteiger partial charge is 0.315 e. The van der Waals surface area contributed by atoms with Crippen molar-refractivity contribution in [2.24, 2.45) is 0 Å². The normalized spacial score (nSPS) is 19.6. The Balaban J connectivity index is 2.22. The van der Waals surface area contributed by atoms with E-state index in [2.05, 4.69) is 10.6 Å². The number of carbonyl (C=O) groups excluding carboxylic acids is 1. The fourth-order valence-electron chi connectivity index (χ4n) is 1.56. The number of ether oxygens (including phenoxy) is 1. The zero-order valence-corrected chi connectivity index (χ0v) is 8.21. The summed E-state index contributed by atoms with van der Waals surface area (Å²) in [4.78, 5) is 10.9. The number of urea groups is 1. The quantitative estimate of drug-likeness (QED) is 0.770. The van der Waals surface area contributed by atoms with Crippen LogP contribution in [0.2, 0.25) is 0 Å². The van der Waals surface area contributed by atoms with E-state index in [1.54, 1.807) is 12.1 Å². The molecule has 1 aromatic rings. The Morgan fingerprint density at radius 1 is 1.53 bits per heavy atom. The molecule has 0 bridgehead atoms. The van der Waals surface area contributed by atoms with Crippen molar-refractivity contribution in [2.45, 2.75) is 6.04 Å². The number of rotatable bonds is 2. The van der Waals surface area contributed by atoms with Crippen LogP contribution in [0.1, 0.15) is 11.6 Å². The Morgan fingerprint density at radius 2 is 2.33 bits per heavy atom. The molecule has 1 atom stereocenters. The van der Waals surface area contributed by atoms with Gasteiger partial charge in [0.05, 0.1) is 13.2 Å². The van der Waals surface area contributed by atoms with Crippen LogP contribution in [0.15, 0.2) is 18.2 Å². The molecule has 1 aromatic carbocycles. The summed E-state index contributed by atoms with van der Waals surface area (Å²) in [5.41, 5.74) is 0.728. The zero-order chi connectivity index (χ0) is 10.8. The van der Waals surface area contributed by atoms with Crippen LogP contribution in [0.5, 0.6) is 5.75 Å². The Kier molecular flexibility index (Phi) is 2.45. The second-order valence-corrected chi connectivity index (χ2v) is 3.30. The largest absolute Gasteiger partial charge is 0.494 e. The molecule has 0 radical (unpaired) electrons. The molecular weight excluding hydrogens is 199 g/mol. The molecule has 5 heteroatoms. The third-order valence-corrected chi connectivity index (χ3v) is 2.35. The van der Waals surface area contributed by atoms with Crippen molar-refractivity contribution in [3.05, 3.63) is 29.6 Å². The van der Waals surface area contributed by atoms with Crippen LogP contribution in [-0.4, -0.2) is 19.7 Å². The lowest BCUT2D eigenvalue weighted by atomic mass is 10.1. The molecule has 0 saturated carbocycles. The molecule has 1 saturated heterocycles. The molecule has 1 heterocycles. The average Bonchev–Trinajstić information content (AvgIpc) is 2.65. The second kappa shape index (κ2) is 3.76. The van der Waals surface area contributed by atoms with Crippen molar-refractivity contribution in [1.29, 1.82) is 0 Å². The van der Waals surface area contributed by atoms with Gasteiger partial charge in [-0.05, 0) is 17.7 Å². The predicted octanol–water partition coefficient (Wildman–Crippen LogP) is 1.19. The van der Waals surface area contributed by atoms with Crippen molar-refractivity contribution in [1.82, 2.24) is 10.6 Å². The molecule has 1 aliphatic rings. The highest BCUT2D eigenvalue weighted by Crippen LogP contribution is 2.22. The molecule has 1 fully saturated rings. The molecule has 0 aromatic heterocycles. The van der Waals surface area contributed by atoms with Gasteiger partial charge in [-0.2, -0.15) is 0 Å². The first kappa shape index (κ1) is 9.76. The van der Waals surface area contributed by atoms with E-state index in [9.17, 15) is 9.18 Å². The van der Waals surface area contributed by atoms with Crippen molar-refractivity contribution in [3.8, 4) is 5.75 Å². The van der Waals surface area contributed by atoms with Gasteiger partial charge in [-0.15, -0.1) is 0 Å². The molecule has 0 spiro atoms. The van der Waals surface area contributed by atoms with Crippen LogP contribution >= 0.6 is 0 Å². The van der Waals surface area contributed by atoms with Crippen molar-refractivity contribution in [3.63, 3.8) is 0 Å². The third kappa shape index (κ3) is 1.86. The van der Waals surface area contributed by atoms with Gasteiger partial charge in [-0.25, -0.2) is 9.18 Å². The first-order valence-electron chi connectivity index (χ1n) is 4.58. The number of hydrogen-bond donors (Lipinski definition) is 2. The van der Waals surface area contributed by atoms with Crippen LogP contribution < -0.4 is 15.4 Å². The Morgan fingerprint density at radius 3 is 2.87 bits per heavy atom. The van der Waals surface area contributed by atoms with Gasteiger partial charge in [0.1, 0.15) is 0 Å². The molecule has 2 amide bonds. The van der Waals surface area contributed by atoms with Gasteiger partial charge in [-0.1, -0.05) is 6.07 Å². The summed E-state index contributed by atoms with van der Waals surface area (Å²) < 4.78 is 18.1. The van der Waals surface area contributed by atoms with Gasteiger partial charge in [-0.3, -0.25) is 0 Å². The van der Waals surface area contributed by atoms with Crippen molar-refractivity contribution in [2.75, 3.05) is 13.7 Å². The molecule has 80 valence electrons. The summed E-state index contributed by atoms with van der Waals surface area (Å²) >= 11 is 0. The number of carbonyl (C=O) groups is 1. The van der Waals surface area contributed by atoms with Gasteiger partial charge < -0.3 is 15.4 Å². The lowest BCUT2D eigenvalue weighted by molar-refractivity contribution is 0.247. The van der Waals surface area contributed by atoms with E-state index < -0.39 is 5.82 Å². The van der Waals surface area contributed by atoms with Gasteiger partial charge in [0.15, 0.2) is 11.6 Å². The standard InChI is InChI=1S/C10H11FN2O2/c1-15-9-3-2-6(4-7(9)11)8-5-12-10(14)13-8/h2-4,8H,5H2,1H3,(H2,12,13,14)/t8-/m1/s1. The van der Waals surface area contributed by atoms with Crippen LogP contribution in [0.25, 0.3) is 0 Å². The molecule has 15 heavy (non-hydrogen) atoms. The average molecular weight is 210 g/mol. The highest BCUT2D eigenvalue weighted by atomic mass is 19.1. The molecule has 1 aliphatic heterocycles. The third-order valence-electron chi connectivity index (χ3n) is 2.35. The lowest BCUT2D eigenvalue weighted by Crippen LogP contribution is -2.21. The number of halogens is 1. The molecule has 4 nitrogen and oxygen atoms in total. The second-order valence-electron chi connectivity index (χ2n) is 3.30. The van der Waals surface area contributed by atoms with Gasteiger partial charge in [0, 0.05) is 6.54 Å². The van der Waals surface area contributed by atoms with Crippen LogP contribution in [-0.2, 0) is 0 Å². The summed E-state index contributed by atoms with van der Waals surface area (Å²) in [5, 5.41) is 5.29. The minimum absolute atomic E-state index is 0.169. The lowest BCUT2D eigenvalue weighted by Gasteiger charge is -2.10. The minimum Gasteiger partial charge on any atom is -0.494 e. The van der Waals surface area contributed by atoms with Crippen LogP contribution in [0.4, 0.5) is 9.18 Å². The predicted molar refractivity (Wildman–Crippen MR) is 52.2 cm³/mol. The van der Waals surface area contributed by atoms with E-state index in [4.69, 9.17) is 4.74 Å². The van der Waals surface area contributed by atoms with E-state index in [0.29, 0.717) is 6.54 Å². The highest BCUT2D eigenvalue weighted by Gasteiger charge is 2.22. The van der Waals surface area contributed by atoms with E-state index in [1.165, 1.54) is 13.2 Å². The molecule has 2 N–H and O–H groups in total. The van der Waals surface area contributed by atoms with Gasteiger partial charge in [0.25, 0.3) is 0 Å². The molecule has 2 rings (SSSR count). The van der Waals surface area contributed by atoms with Crippen molar-refractivity contribution < 1.29 is 13.9 Å². The summed E-state index contributed by atoms with van der Waals surface area (Å²) in [6.07, 6.45) is 0. The van der Waals surface area contributed by atoms with E-state index in [0.717, 1.165) is 5.56 Å². The number of benzene rings is 1. The fourth-order valence-corrected chi connectivity index (χ4v) is 1.56. The van der Waals surface area contributed by atoms with E-state index in [1.807, 2.05) is 0 Å². The van der Waals surface area contributed by atoms with Gasteiger partial charge >= 0.3 is 6.03 Å². The Bertz CT molecular complexity index is 395. The highest BCUT2D eigenvalue weighted by molar-refractivity contribution is 5.76. The van der Waals surface area contributed by atoms with Crippen LogP contribution in [0, 0.1) is 5.82 Å². The summed E-state index contributed by atoms with van der Waals surface area (Å²) in [6.45, 7) is 0.477. The summed E-state index contributed by atoms with van der Waals surface area (Å²) in [7, 11) is 1.41. The van der Waals surface area contributed by atoms with Crippen molar-refractivity contribution >= 4 is 6.03 Å². The monoisotopic (exact) mass is 210 g/mol. The zero-order valence-electron chi connectivity index (χ0n) is 8.21. The van der Waals surface area contributed by atoms with E-state index in [-0.39, 0.29) is 17.8 Å². The molecular formula is C10H11FN2O2. The Hall–Kier alpha value is -1.78. The molecule has 0 aliphatic carbocycles. The SMILES string of the molecule is COc1ccc([C@H]2CNC(=O)N2)cc1F. The summed E-state index contributed by atoms with van der Waals surface area (Å²) in [6, 6.07) is 4.26. The van der Waals surface area contributed by atoms with Gasteiger partial charge in [0.2, 0.25) is 0 Å². The number of methoxy groups -OCH3 is 1.